The van der Waals surface area contributed by atoms with Gasteiger partial charge in [0.1, 0.15) is 11.9 Å². The third-order valence-electron chi connectivity index (χ3n) is 4.50. The van der Waals surface area contributed by atoms with Crippen LogP contribution in [-0.2, 0) is 14.8 Å². The summed E-state index contributed by atoms with van der Waals surface area (Å²) in [6, 6.07) is 11.0. The van der Waals surface area contributed by atoms with Crippen LogP contribution in [0.3, 0.4) is 0 Å². The first kappa shape index (κ1) is 21.0. The molecule has 1 aromatic heterocycles. The van der Waals surface area contributed by atoms with E-state index in [1.807, 2.05) is 11.0 Å². The van der Waals surface area contributed by atoms with Crippen LogP contribution in [-0.4, -0.2) is 56.5 Å². The smallest absolute Gasteiger partial charge is 0.338 e. The van der Waals surface area contributed by atoms with Crippen molar-refractivity contribution in [2.45, 2.75) is 11.8 Å². The van der Waals surface area contributed by atoms with Crippen molar-refractivity contribution < 1.29 is 17.9 Å². The molecule has 2 heterocycles. The molecule has 1 fully saturated rings. The van der Waals surface area contributed by atoms with E-state index in [1.165, 1.54) is 28.6 Å². The van der Waals surface area contributed by atoms with Gasteiger partial charge in [-0.2, -0.15) is 9.57 Å². The molecule has 2 aromatic rings. The van der Waals surface area contributed by atoms with Crippen molar-refractivity contribution >= 4 is 33.4 Å². The maximum Gasteiger partial charge on any atom is 0.338 e. The predicted octanol–water partition coefficient (Wildman–Crippen LogP) is 2.29. The Hall–Kier alpha value is -2.67. The van der Waals surface area contributed by atoms with Gasteiger partial charge in [0, 0.05) is 26.2 Å². The molecule has 1 aromatic carbocycles. The highest BCUT2D eigenvalue weighted by Crippen LogP contribution is 2.23. The second kappa shape index (κ2) is 8.78. The topological polar surface area (TPSA) is 104 Å². The molecule has 0 unspecified atom stereocenters. The maximum atomic E-state index is 12.9. The van der Waals surface area contributed by atoms with Crippen LogP contribution >= 0.6 is 11.6 Å². The summed E-state index contributed by atoms with van der Waals surface area (Å²) in [6.45, 7) is 3.36. The lowest BCUT2D eigenvalue weighted by atomic mass is 10.2. The Morgan fingerprint density at radius 3 is 2.41 bits per heavy atom. The van der Waals surface area contributed by atoms with Crippen LogP contribution in [0.4, 0.5) is 5.82 Å². The minimum absolute atomic E-state index is 0.121. The summed E-state index contributed by atoms with van der Waals surface area (Å²) in [5.74, 6) is 0.0963. The fourth-order valence-electron chi connectivity index (χ4n) is 2.97. The number of anilines is 1. The summed E-state index contributed by atoms with van der Waals surface area (Å²) in [7, 11) is -3.68. The summed E-state index contributed by atoms with van der Waals surface area (Å²) >= 11 is 5.91. The molecule has 1 aliphatic rings. The molecule has 3 rings (SSSR count). The van der Waals surface area contributed by atoms with Crippen LogP contribution in [0.25, 0.3) is 0 Å². The van der Waals surface area contributed by atoms with Crippen molar-refractivity contribution in [2.75, 3.05) is 37.7 Å². The average molecular weight is 435 g/mol. The fourth-order valence-corrected chi connectivity index (χ4v) is 4.54. The van der Waals surface area contributed by atoms with Crippen molar-refractivity contribution in [3.63, 3.8) is 0 Å². The first-order valence-corrected chi connectivity index (χ1v) is 10.8. The van der Waals surface area contributed by atoms with Crippen molar-refractivity contribution in [1.29, 1.82) is 5.26 Å². The number of rotatable bonds is 5. The molecular formula is C19H19ClN4O4S. The van der Waals surface area contributed by atoms with E-state index >= 15 is 0 Å². The number of hydrogen-bond donors (Lipinski definition) is 0. The van der Waals surface area contributed by atoms with Crippen LogP contribution in [0, 0.1) is 11.3 Å². The number of hydrogen-bond acceptors (Lipinski definition) is 7. The molecule has 0 radical (unpaired) electrons. The Balaban J connectivity index is 1.70. The third kappa shape index (κ3) is 4.50. The molecule has 29 heavy (non-hydrogen) atoms. The zero-order chi connectivity index (χ0) is 21.0. The van der Waals surface area contributed by atoms with Crippen LogP contribution < -0.4 is 4.90 Å². The summed E-state index contributed by atoms with van der Waals surface area (Å²) in [5, 5.41) is 9.35. The molecule has 0 spiro atoms. The molecule has 10 heteroatoms. The van der Waals surface area contributed by atoms with E-state index in [4.69, 9.17) is 21.6 Å². The number of piperazine rings is 1. The monoisotopic (exact) mass is 434 g/mol. The van der Waals surface area contributed by atoms with Crippen molar-refractivity contribution in [3.8, 4) is 6.07 Å². The van der Waals surface area contributed by atoms with Gasteiger partial charge in [-0.25, -0.2) is 18.2 Å². The van der Waals surface area contributed by atoms with Gasteiger partial charge in [-0.05, 0) is 43.3 Å². The molecule has 1 aliphatic heterocycles. The van der Waals surface area contributed by atoms with E-state index in [0.717, 1.165) is 0 Å². The van der Waals surface area contributed by atoms with Gasteiger partial charge in [0.15, 0.2) is 5.69 Å². The molecular weight excluding hydrogens is 416 g/mol. The van der Waals surface area contributed by atoms with Gasteiger partial charge in [-0.3, -0.25) is 0 Å². The average Bonchev–Trinajstić information content (AvgIpc) is 2.74. The highest BCUT2D eigenvalue weighted by atomic mass is 35.5. The van der Waals surface area contributed by atoms with Gasteiger partial charge in [0.05, 0.1) is 22.1 Å². The molecule has 0 bridgehead atoms. The standard InChI is InChI=1S/C19H19ClN4O4S/c1-2-28-19(25)14-3-5-15(6-4-14)29(26,27)24-11-9-23(10-12-24)18-8-7-16(20)17(13-21)22-18/h3-8H,2,9-12H2,1H3. The second-order valence-corrected chi connectivity index (χ2v) is 8.59. The molecule has 0 aliphatic carbocycles. The largest absolute Gasteiger partial charge is 0.462 e. The number of carbonyl (C=O) groups excluding carboxylic acids is 1. The van der Waals surface area contributed by atoms with E-state index in [9.17, 15) is 13.2 Å². The number of nitrogens with zero attached hydrogens (tertiary/aromatic N) is 4. The van der Waals surface area contributed by atoms with Gasteiger partial charge in [-0.15, -0.1) is 0 Å². The van der Waals surface area contributed by atoms with Crippen LogP contribution in [0.15, 0.2) is 41.3 Å². The summed E-state index contributed by atoms with van der Waals surface area (Å²) in [6.07, 6.45) is 0. The van der Waals surface area contributed by atoms with Crippen LogP contribution in [0.5, 0.6) is 0 Å². The minimum Gasteiger partial charge on any atom is -0.462 e. The third-order valence-corrected chi connectivity index (χ3v) is 6.72. The van der Waals surface area contributed by atoms with E-state index in [-0.39, 0.29) is 35.3 Å². The zero-order valence-corrected chi connectivity index (χ0v) is 17.3. The highest BCUT2D eigenvalue weighted by molar-refractivity contribution is 7.89. The van der Waals surface area contributed by atoms with E-state index < -0.39 is 16.0 Å². The number of ether oxygens (including phenoxy) is 1. The first-order valence-electron chi connectivity index (χ1n) is 8.95. The zero-order valence-electron chi connectivity index (χ0n) is 15.7. The number of halogens is 1. The van der Waals surface area contributed by atoms with Gasteiger partial charge in [0.25, 0.3) is 0 Å². The molecule has 8 nitrogen and oxygen atoms in total. The molecule has 1 saturated heterocycles. The van der Waals surface area contributed by atoms with Crippen molar-refractivity contribution in [3.05, 3.63) is 52.7 Å². The lowest BCUT2D eigenvalue weighted by molar-refractivity contribution is 0.0526. The molecule has 152 valence electrons. The Labute approximate surface area is 174 Å². The summed E-state index contributed by atoms with van der Waals surface area (Å²) < 4.78 is 32.1. The van der Waals surface area contributed by atoms with Crippen LogP contribution in [0.2, 0.25) is 5.02 Å². The Morgan fingerprint density at radius 1 is 1.17 bits per heavy atom. The first-order chi connectivity index (χ1) is 13.9. The number of aromatic nitrogens is 1. The quantitative estimate of drug-likeness (QED) is 0.665. The summed E-state index contributed by atoms with van der Waals surface area (Å²) in [5.41, 5.74) is 0.443. The second-order valence-electron chi connectivity index (χ2n) is 6.25. The van der Waals surface area contributed by atoms with Crippen molar-refractivity contribution in [2.24, 2.45) is 0 Å². The number of sulfonamides is 1. The number of benzene rings is 1. The lowest BCUT2D eigenvalue weighted by Gasteiger charge is -2.34. The van der Waals surface area contributed by atoms with Crippen molar-refractivity contribution in [1.82, 2.24) is 9.29 Å². The minimum atomic E-state index is -3.68. The molecule has 0 amide bonds. The van der Waals surface area contributed by atoms with Gasteiger partial charge < -0.3 is 9.64 Å². The maximum absolute atomic E-state index is 12.9. The van der Waals surface area contributed by atoms with E-state index in [1.54, 1.807) is 19.1 Å². The van der Waals surface area contributed by atoms with Gasteiger partial charge in [0.2, 0.25) is 10.0 Å². The van der Waals surface area contributed by atoms with Gasteiger partial charge in [-0.1, -0.05) is 11.6 Å². The number of carbonyl (C=O) groups is 1. The molecule has 0 atom stereocenters. The number of pyridine rings is 1. The van der Waals surface area contributed by atoms with E-state index in [2.05, 4.69) is 4.98 Å². The Kier molecular flexibility index (Phi) is 6.37. The fraction of sp³-hybridized carbons (Fsp3) is 0.316. The predicted molar refractivity (Wildman–Crippen MR) is 107 cm³/mol. The summed E-state index contributed by atoms with van der Waals surface area (Å²) in [4.78, 5) is 18.0. The number of esters is 1. The Bertz CT molecular complexity index is 1040. The van der Waals surface area contributed by atoms with E-state index in [0.29, 0.717) is 24.5 Å². The molecule has 0 saturated carbocycles. The normalized spacial score (nSPS) is 15.0. The lowest BCUT2D eigenvalue weighted by Crippen LogP contribution is -2.48. The van der Waals surface area contributed by atoms with Crippen LogP contribution in [0.1, 0.15) is 23.0 Å². The molecule has 0 N–H and O–H groups in total. The Morgan fingerprint density at radius 2 is 1.83 bits per heavy atom. The van der Waals surface area contributed by atoms with Gasteiger partial charge >= 0.3 is 5.97 Å². The SMILES string of the molecule is CCOC(=O)c1ccc(S(=O)(=O)N2CCN(c3ccc(Cl)c(C#N)n3)CC2)cc1. The number of nitriles is 1. The highest BCUT2D eigenvalue weighted by Gasteiger charge is 2.29.